The van der Waals surface area contributed by atoms with E-state index in [2.05, 4.69) is 4.37 Å². The number of aromatic carboxylic acids is 1. The number of carboxylic acid groups (broad SMARTS) is 1. The largest absolute Gasteiger partial charge is 0.543 e. The highest BCUT2D eigenvalue weighted by Crippen LogP contribution is 2.23. The third kappa shape index (κ3) is 1.65. The zero-order valence-electron chi connectivity index (χ0n) is 7.14. The van der Waals surface area contributed by atoms with Crippen molar-refractivity contribution in [1.29, 1.82) is 0 Å². The topological polar surface area (TPSA) is 53.0 Å². The van der Waals surface area contributed by atoms with Crippen LogP contribution in [0.15, 0.2) is 36.4 Å². The summed E-state index contributed by atoms with van der Waals surface area (Å²) < 4.78 is 3.77. The van der Waals surface area contributed by atoms with Crippen LogP contribution in [-0.4, -0.2) is 10.3 Å². The molecule has 0 saturated carbocycles. The number of benzene rings is 1. The molecule has 1 heterocycles. The molecule has 0 aliphatic rings. The van der Waals surface area contributed by atoms with Gasteiger partial charge < -0.3 is 9.90 Å². The van der Waals surface area contributed by atoms with Crippen molar-refractivity contribution in [3.05, 3.63) is 42.1 Å². The quantitative estimate of drug-likeness (QED) is 0.738. The molecule has 0 bridgehead atoms. The van der Waals surface area contributed by atoms with Crippen molar-refractivity contribution >= 4 is 17.5 Å². The Morgan fingerprint density at radius 1 is 1.29 bits per heavy atom. The fourth-order valence-electron chi connectivity index (χ4n) is 1.11. The van der Waals surface area contributed by atoms with Gasteiger partial charge in [-0.2, -0.15) is 4.37 Å². The molecule has 1 aromatic heterocycles. The Kier molecular flexibility index (Phi) is 2.28. The smallest absolute Gasteiger partial charge is 0.100 e. The molecule has 3 nitrogen and oxygen atoms in total. The van der Waals surface area contributed by atoms with Crippen molar-refractivity contribution in [3.63, 3.8) is 0 Å². The third-order valence-electron chi connectivity index (χ3n) is 1.78. The average molecular weight is 204 g/mol. The van der Waals surface area contributed by atoms with Crippen molar-refractivity contribution in [3.8, 4) is 10.4 Å². The lowest BCUT2D eigenvalue weighted by Gasteiger charge is -1.94. The number of hydrogen-bond donors (Lipinski definition) is 0. The van der Waals surface area contributed by atoms with E-state index in [0.717, 1.165) is 22.0 Å². The summed E-state index contributed by atoms with van der Waals surface area (Å²) in [6.07, 6.45) is 0. The highest BCUT2D eigenvalue weighted by molar-refractivity contribution is 7.09. The lowest BCUT2D eigenvalue weighted by molar-refractivity contribution is -0.255. The van der Waals surface area contributed by atoms with Gasteiger partial charge in [-0.05, 0) is 23.2 Å². The zero-order chi connectivity index (χ0) is 9.97. The molecule has 0 aliphatic carbocycles. The van der Waals surface area contributed by atoms with Gasteiger partial charge in [-0.1, -0.05) is 30.3 Å². The van der Waals surface area contributed by atoms with Gasteiger partial charge in [0.1, 0.15) is 5.69 Å². The van der Waals surface area contributed by atoms with Gasteiger partial charge >= 0.3 is 0 Å². The van der Waals surface area contributed by atoms with Crippen LogP contribution in [0.5, 0.6) is 0 Å². The molecule has 70 valence electrons. The van der Waals surface area contributed by atoms with Gasteiger partial charge in [0.15, 0.2) is 0 Å². The van der Waals surface area contributed by atoms with E-state index >= 15 is 0 Å². The highest BCUT2D eigenvalue weighted by Gasteiger charge is 2.03. The van der Waals surface area contributed by atoms with Crippen LogP contribution in [0.25, 0.3) is 10.4 Å². The maximum atomic E-state index is 10.5. The second-order valence-corrected chi connectivity index (χ2v) is 3.53. The Labute approximate surface area is 84.8 Å². The molecule has 4 heteroatoms. The van der Waals surface area contributed by atoms with Gasteiger partial charge in [-0.15, -0.1) is 0 Å². The lowest BCUT2D eigenvalue weighted by Crippen LogP contribution is -2.22. The molecule has 0 unspecified atom stereocenters. The SMILES string of the molecule is O=C([O-])c1cc(-c2ccccc2)sn1. The van der Waals surface area contributed by atoms with Crippen molar-refractivity contribution < 1.29 is 9.90 Å². The molecule has 0 saturated heterocycles. The molecule has 2 aromatic rings. The van der Waals surface area contributed by atoms with Crippen molar-refractivity contribution in [2.24, 2.45) is 0 Å². The van der Waals surface area contributed by atoms with E-state index < -0.39 is 5.97 Å². The van der Waals surface area contributed by atoms with E-state index in [1.54, 1.807) is 0 Å². The number of nitrogens with zero attached hydrogens (tertiary/aromatic N) is 1. The standard InChI is InChI=1S/C10H7NO2S/c12-10(13)8-6-9(14-11-8)7-4-2-1-3-5-7/h1-6H,(H,12,13)/p-1. The Bertz CT molecular complexity index is 450. The zero-order valence-corrected chi connectivity index (χ0v) is 7.95. The summed E-state index contributed by atoms with van der Waals surface area (Å²) in [6, 6.07) is 11.0. The summed E-state index contributed by atoms with van der Waals surface area (Å²) in [5, 5.41) is 10.5. The molecule has 0 spiro atoms. The molecule has 1 aromatic carbocycles. The number of carbonyl (C=O) groups excluding carboxylic acids is 1. The number of carboxylic acids is 1. The van der Waals surface area contributed by atoms with Gasteiger partial charge in [0, 0.05) is 0 Å². The minimum absolute atomic E-state index is 0.00569. The monoisotopic (exact) mass is 204 g/mol. The Balaban J connectivity index is 2.39. The van der Waals surface area contributed by atoms with Crippen LogP contribution in [0.1, 0.15) is 10.5 Å². The van der Waals surface area contributed by atoms with Crippen molar-refractivity contribution in [2.45, 2.75) is 0 Å². The normalized spacial score (nSPS) is 10.0. The van der Waals surface area contributed by atoms with Crippen LogP contribution in [0.4, 0.5) is 0 Å². The summed E-state index contributed by atoms with van der Waals surface area (Å²) in [7, 11) is 0. The fraction of sp³-hybridized carbons (Fsp3) is 0. The van der Waals surface area contributed by atoms with Crippen LogP contribution >= 0.6 is 11.5 Å². The first-order valence-electron chi connectivity index (χ1n) is 4.01. The minimum Gasteiger partial charge on any atom is -0.543 e. The van der Waals surface area contributed by atoms with Crippen molar-refractivity contribution in [1.82, 2.24) is 4.37 Å². The maximum absolute atomic E-state index is 10.5. The Morgan fingerprint density at radius 3 is 2.57 bits per heavy atom. The van der Waals surface area contributed by atoms with E-state index in [9.17, 15) is 9.90 Å². The van der Waals surface area contributed by atoms with Crippen LogP contribution in [0.2, 0.25) is 0 Å². The van der Waals surface area contributed by atoms with Gasteiger partial charge in [-0.25, -0.2) is 0 Å². The molecule has 0 atom stereocenters. The molecule has 0 N–H and O–H groups in total. The van der Waals surface area contributed by atoms with E-state index in [4.69, 9.17) is 0 Å². The van der Waals surface area contributed by atoms with E-state index in [-0.39, 0.29) is 5.69 Å². The first kappa shape index (κ1) is 8.90. The molecule has 0 amide bonds. The number of rotatable bonds is 2. The van der Waals surface area contributed by atoms with E-state index in [1.807, 2.05) is 30.3 Å². The van der Waals surface area contributed by atoms with Gasteiger partial charge in [-0.3, -0.25) is 0 Å². The van der Waals surface area contributed by atoms with E-state index in [1.165, 1.54) is 6.07 Å². The Morgan fingerprint density at radius 2 is 2.00 bits per heavy atom. The molecule has 14 heavy (non-hydrogen) atoms. The average Bonchev–Trinajstić information content (AvgIpc) is 2.68. The molecule has 0 radical (unpaired) electrons. The predicted octanol–water partition coefficient (Wildman–Crippen LogP) is 1.17. The fourth-order valence-corrected chi connectivity index (χ4v) is 1.84. The molecule has 0 aliphatic heterocycles. The number of hydrogen-bond acceptors (Lipinski definition) is 4. The molecular weight excluding hydrogens is 198 g/mol. The van der Waals surface area contributed by atoms with Crippen molar-refractivity contribution in [2.75, 3.05) is 0 Å². The van der Waals surface area contributed by atoms with Crippen LogP contribution < -0.4 is 5.11 Å². The second kappa shape index (κ2) is 3.59. The first-order chi connectivity index (χ1) is 6.77. The lowest BCUT2D eigenvalue weighted by atomic mass is 10.2. The highest BCUT2D eigenvalue weighted by atomic mass is 32.1. The minimum atomic E-state index is -1.23. The summed E-state index contributed by atoms with van der Waals surface area (Å²) in [5.74, 6) is -1.23. The second-order valence-electron chi connectivity index (χ2n) is 2.73. The van der Waals surface area contributed by atoms with E-state index in [0.29, 0.717) is 0 Å². The van der Waals surface area contributed by atoms with Crippen LogP contribution in [0.3, 0.4) is 0 Å². The summed E-state index contributed by atoms with van der Waals surface area (Å²) in [4.78, 5) is 11.3. The number of carbonyl (C=O) groups is 1. The van der Waals surface area contributed by atoms with Gasteiger partial charge in [0.2, 0.25) is 0 Å². The molecule has 0 fully saturated rings. The Hall–Kier alpha value is -1.68. The first-order valence-corrected chi connectivity index (χ1v) is 4.78. The van der Waals surface area contributed by atoms with Gasteiger partial charge in [0.25, 0.3) is 0 Å². The summed E-state index contributed by atoms with van der Waals surface area (Å²) >= 11 is 1.16. The summed E-state index contributed by atoms with van der Waals surface area (Å²) in [5.41, 5.74) is 0.964. The summed E-state index contributed by atoms with van der Waals surface area (Å²) in [6.45, 7) is 0. The predicted molar refractivity (Wildman–Crippen MR) is 51.9 cm³/mol. The maximum Gasteiger partial charge on any atom is 0.100 e. The van der Waals surface area contributed by atoms with Gasteiger partial charge in [0.05, 0.1) is 10.8 Å². The number of aromatic nitrogens is 1. The third-order valence-corrected chi connectivity index (χ3v) is 2.62. The van der Waals surface area contributed by atoms with Crippen LogP contribution in [-0.2, 0) is 0 Å². The molecule has 2 rings (SSSR count). The van der Waals surface area contributed by atoms with Crippen LogP contribution in [0, 0.1) is 0 Å². The molecular formula is C10H6NO2S-.